The molecule has 0 spiro atoms. The molecule has 0 bridgehead atoms. The molecule has 0 aliphatic rings. The van der Waals surface area contributed by atoms with Crippen molar-refractivity contribution in [1.29, 1.82) is 0 Å². The molecule has 2 N–H and O–H groups in total. The van der Waals surface area contributed by atoms with Gasteiger partial charge in [-0.3, -0.25) is 9.59 Å². The molecule has 3 rings (SSSR count). The standard InChI is InChI=1S/C16H15N5O4/c1-9(22)24-12-3-11(4-13(5-12)25-10(2)23)6-17-15-14-16(19-7-18-14)21-8-20-15/h3-5,7-8H,6H2,1-2H3,(H2,17,18,19,20,21). The van der Waals surface area contributed by atoms with E-state index in [1.165, 1.54) is 32.6 Å². The van der Waals surface area contributed by atoms with Gasteiger partial charge in [0.25, 0.3) is 0 Å². The molecular formula is C16H15N5O4. The number of hydrogen-bond donors (Lipinski definition) is 2. The lowest BCUT2D eigenvalue weighted by Crippen LogP contribution is -2.07. The third-order valence-corrected chi connectivity index (χ3v) is 3.15. The highest BCUT2D eigenvalue weighted by Gasteiger charge is 2.09. The number of carbonyl (C=O) groups excluding carboxylic acids is 2. The Kier molecular flexibility index (Phi) is 4.55. The van der Waals surface area contributed by atoms with E-state index in [0.717, 1.165) is 5.56 Å². The van der Waals surface area contributed by atoms with E-state index in [1.807, 2.05) is 0 Å². The van der Waals surface area contributed by atoms with E-state index >= 15 is 0 Å². The number of ether oxygens (including phenoxy) is 2. The molecule has 0 saturated heterocycles. The van der Waals surface area contributed by atoms with Crippen molar-refractivity contribution in [2.45, 2.75) is 20.4 Å². The number of benzene rings is 1. The second-order valence-electron chi connectivity index (χ2n) is 5.18. The van der Waals surface area contributed by atoms with Crippen LogP contribution in [0.25, 0.3) is 11.2 Å². The third-order valence-electron chi connectivity index (χ3n) is 3.15. The number of aromatic nitrogens is 4. The lowest BCUT2D eigenvalue weighted by molar-refractivity contribution is -0.132. The van der Waals surface area contributed by atoms with Crippen LogP contribution in [-0.4, -0.2) is 31.9 Å². The Morgan fingerprint density at radius 2 is 1.72 bits per heavy atom. The van der Waals surface area contributed by atoms with Gasteiger partial charge in [-0.25, -0.2) is 15.0 Å². The molecular weight excluding hydrogens is 326 g/mol. The van der Waals surface area contributed by atoms with Gasteiger partial charge in [0, 0.05) is 26.5 Å². The summed E-state index contributed by atoms with van der Waals surface area (Å²) < 4.78 is 10.2. The summed E-state index contributed by atoms with van der Waals surface area (Å²) in [4.78, 5) is 37.6. The first-order valence-corrected chi connectivity index (χ1v) is 7.40. The van der Waals surface area contributed by atoms with E-state index in [4.69, 9.17) is 9.47 Å². The number of esters is 2. The molecule has 0 aliphatic carbocycles. The number of hydrogen-bond acceptors (Lipinski definition) is 8. The number of anilines is 1. The molecule has 25 heavy (non-hydrogen) atoms. The Morgan fingerprint density at radius 1 is 1.04 bits per heavy atom. The minimum atomic E-state index is -0.464. The number of imidazole rings is 1. The molecule has 9 nitrogen and oxygen atoms in total. The molecule has 128 valence electrons. The summed E-state index contributed by atoms with van der Waals surface area (Å²) in [6.45, 7) is 2.95. The van der Waals surface area contributed by atoms with Gasteiger partial charge >= 0.3 is 11.9 Å². The van der Waals surface area contributed by atoms with Gasteiger partial charge in [-0.1, -0.05) is 0 Å². The Balaban J connectivity index is 1.84. The molecule has 2 aromatic heterocycles. The fourth-order valence-electron chi connectivity index (χ4n) is 2.27. The molecule has 0 fully saturated rings. The minimum Gasteiger partial charge on any atom is -0.427 e. The van der Waals surface area contributed by atoms with E-state index < -0.39 is 11.9 Å². The maximum atomic E-state index is 11.2. The van der Waals surface area contributed by atoms with Gasteiger partial charge in [0.15, 0.2) is 11.5 Å². The fourth-order valence-corrected chi connectivity index (χ4v) is 2.27. The van der Waals surface area contributed by atoms with Crippen molar-refractivity contribution in [3.8, 4) is 11.5 Å². The van der Waals surface area contributed by atoms with E-state index in [0.29, 0.717) is 23.5 Å². The summed E-state index contributed by atoms with van der Waals surface area (Å²) in [6, 6.07) is 4.82. The van der Waals surface area contributed by atoms with Gasteiger partial charge in [0.2, 0.25) is 0 Å². The largest absolute Gasteiger partial charge is 0.427 e. The van der Waals surface area contributed by atoms with Crippen LogP contribution in [0.15, 0.2) is 30.9 Å². The van der Waals surface area contributed by atoms with Crippen molar-refractivity contribution in [1.82, 2.24) is 19.9 Å². The second kappa shape index (κ2) is 6.95. The first-order valence-electron chi connectivity index (χ1n) is 7.40. The Hall–Kier alpha value is -3.49. The highest BCUT2D eigenvalue weighted by molar-refractivity contribution is 5.81. The van der Waals surface area contributed by atoms with Crippen LogP contribution in [0, 0.1) is 0 Å². The summed E-state index contributed by atoms with van der Waals surface area (Å²) >= 11 is 0. The van der Waals surface area contributed by atoms with Crippen molar-refractivity contribution >= 4 is 28.9 Å². The van der Waals surface area contributed by atoms with Crippen molar-refractivity contribution in [3.63, 3.8) is 0 Å². The van der Waals surface area contributed by atoms with E-state index in [-0.39, 0.29) is 11.5 Å². The lowest BCUT2D eigenvalue weighted by atomic mass is 10.2. The molecule has 0 aliphatic heterocycles. The third kappa shape index (κ3) is 4.08. The first kappa shape index (κ1) is 16.4. The zero-order valence-electron chi connectivity index (χ0n) is 13.6. The van der Waals surface area contributed by atoms with Gasteiger partial charge in [0.1, 0.15) is 23.3 Å². The van der Waals surface area contributed by atoms with Crippen LogP contribution >= 0.6 is 0 Å². The van der Waals surface area contributed by atoms with Gasteiger partial charge in [-0.15, -0.1) is 0 Å². The van der Waals surface area contributed by atoms with Crippen LogP contribution < -0.4 is 14.8 Å². The average Bonchev–Trinajstić information content (AvgIpc) is 3.00. The van der Waals surface area contributed by atoms with E-state index in [1.54, 1.807) is 12.1 Å². The Labute approximate surface area is 142 Å². The highest BCUT2D eigenvalue weighted by Crippen LogP contribution is 2.24. The molecule has 0 unspecified atom stereocenters. The molecule has 2 heterocycles. The maximum absolute atomic E-state index is 11.2. The van der Waals surface area contributed by atoms with Gasteiger partial charge in [0.05, 0.1) is 6.33 Å². The quantitative estimate of drug-likeness (QED) is 0.533. The molecule has 9 heteroatoms. The fraction of sp³-hybridized carbons (Fsp3) is 0.188. The van der Waals surface area contributed by atoms with Crippen molar-refractivity contribution in [2.75, 3.05) is 5.32 Å². The summed E-state index contributed by atoms with van der Waals surface area (Å²) in [5, 5.41) is 3.15. The second-order valence-corrected chi connectivity index (χ2v) is 5.18. The topological polar surface area (TPSA) is 119 Å². The maximum Gasteiger partial charge on any atom is 0.308 e. The minimum absolute atomic E-state index is 0.289. The number of nitrogens with zero attached hydrogens (tertiary/aromatic N) is 3. The smallest absolute Gasteiger partial charge is 0.308 e. The lowest BCUT2D eigenvalue weighted by Gasteiger charge is -2.10. The van der Waals surface area contributed by atoms with Crippen LogP contribution in [0.1, 0.15) is 19.4 Å². The van der Waals surface area contributed by atoms with Gasteiger partial charge in [-0.05, 0) is 17.7 Å². The number of aromatic amines is 1. The Morgan fingerprint density at radius 3 is 2.36 bits per heavy atom. The number of fused-ring (bicyclic) bond motifs is 1. The van der Waals surface area contributed by atoms with E-state index in [9.17, 15) is 9.59 Å². The molecule has 0 amide bonds. The van der Waals surface area contributed by atoms with E-state index in [2.05, 4.69) is 25.3 Å². The number of carbonyl (C=O) groups is 2. The van der Waals surface area contributed by atoms with Crippen LogP contribution in [-0.2, 0) is 16.1 Å². The summed E-state index contributed by atoms with van der Waals surface area (Å²) in [6.07, 6.45) is 2.94. The summed E-state index contributed by atoms with van der Waals surface area (Å²) in [5.74, 6) is 0.229. The van der Waals surface area contributed by atoms with Crippen molar-refractivity contribution in [3.05, 3.63) is 36.4 Å². The number of rotatable bonds is 5. The first-order chi connectivity index (χ1) is 12.0. The average molecular weight is 341 g/mol. The molecule has 3 aromatic rings. The van der Waals surface area contributed by atoms with Crippen LogP contribution in [0.4, 0.5) is 5.82 Å². The van der Waals surface area contributed by atoms with Gasteiger partial charge < -0.3 is 19.8 Å². The summed E-state index contributed by atoms with van der Waals surface area (Å²) in [5.41, 5.74) is 1.96. The predicted molar refractivity (Wildman–Crippen MR) is 88.1 cm³/mol. The molecule has 0 atom stereocenters. The predicted octanol–water partition coefficient (Wildman–Crippen LogP) is 1.82. The normalized spacial score (nSPS) is 10.5. The molecule has 1 aromatic carbocycles. The van der Waals surface area contributed by atoms with Gasteiger partial charge in [-0.2, -0.15) is 0 Å². The summed E-state index contributed by atoms with van der Waals surface area (Å²) in [7, 11) is 0. The SMILES string of the molecule is CC(=O)Oc1cc(CNc2ncnc3nc[nH]c23)cc(OC(C)=O)c1. The zero-order chi connectivity index (χ0) is 17.8. The van der Waals surface area contributed by atoms with Crippen LogP contribution in [0.5, 0.6) is 11.5 Å². The van der Waals surface area contributed by atoms with Crippen LogP contribution in [0.2, 0.25) is 0 Å². The van der Waals surface area contributed by atoms with Crippen molar-refractivity contribution < 1.29 is 19.1 Å². The zero-order valence-corrected chi connectivity index (χ0v) is 13.6. The van der Waals surface area contributed by atoms with Crippen molar-refractivity contribution in [2.24, 2.45) is 0 Å². The van der Waals surface area contributed by atoms with Crippen LogP contribution in [0.3, 0.4) is 0 Å². The molecule has 0 saturated carbocycles. The molecule has 0 radical (unpaired) electrons. The number of H-pyrrole nitrogens is 1. The highest BCUT2D eigenvalue weighted by atomic mass is 16.5. The number of nitrogens with one attached hydrogen (secondary N) is 2. The monoisotopic (exact) mass is 341 g/mol. The Bertz CT molecular complexity index is 903.